The third-order valence-electron chi connectivity index (χ3n) is 2.95. The summed E-state index contributed by atoms with van der Waals surface area (Å²) in [6.07, 6.45) is 0.944. The second-order valence-electron chi connectivity index (χ2n) is 4.26. The third kappa shape index (κ3) is 2.97. The maximum atomic E-state index is 5.85. The molecule has 0 bridgehead atoms. The van der Waals surface area contributed by atoms with Crippen molar-refractivity contribution in [3.05, 3.63) is 27.6 Å². The van der Waals surface area contributed by atoms with Crippen LogP contribution in [0.5, 0.6) is 0 Å². The number of ether oxygens (including phenoxy) is 1. The molecule has 1 unspecified atom stereocenters. The maximum absolute atomic E-state index is 5.85. The first-order chi connectivity index (χ1) is 8.65. The van der Waals surface area contributed by atoms with Gasteiger partial charge in [0.05, 0.1) is 23.7 Å². The van der Waals surface area contributed by atoms with Crippen LogP contribution in [0.25, 0.3) is 11.0 Å². The molecule has 0 amide bonds. The Morgan fingerprint density at radius 2 is 2.28 bits per heavy atom. The van der Waals surface area contributed by atoms with Gasteiger partial charge in [0.1, 0.15) is 5.82 Å². The van der Waals surface area contributed by atoms with Crippen molar-refractivity contribution >= 4 is 45.2 Å². The standard InChI is InChI=1S/C13H16ClIN2O/c1-9(18-2)8-17-12-4-3-10(15)7-11(12)16-13(17)5-6-14/h3-4,7,9H,5-6,8H2,1-2H3. The molecule has 0 saturated carbocycles. The largest absolute Gasteiger partial charge is 0.380 e. The Labute approximate surface area is 126 Å². The summed E-state index contributed by atoms with van der Waals surface area (Å²) in [6, 6.07) is 6.31. The van der Waals surface area contributed by atoms with E-state index in [1.165, 1.54) is 3.57 Å². The van der Waals surface area contributed by atoms with Gasteiger partial charge in [-0.25, -0.2) is 4.98 Å². The summed E-state index contributed by atoms with van der Waals surface area (Å²) < 4.78 is 8.75. The Morgan fingerprint density at radius 1 is 1.50 bits per heavy atom. The van der Waals surface area contributed by atoms with Crippen molar-refractivity contribution in [3.8, 4) is 0 Å². The minimum absolute atomic E-state index is 0.163. The minimum Gasteiger partial charge on any atom is -0.380 e. The Hall–Kier alpha value is -0.330. The fourth-order valence-corrected chi connectivity index (χ4v) is 2.61. The van der Waals surface area contributed by atoms with Gasteiger partial charge in [0.2, 0.25) is 0 Å². The number of methoxy groups -OCH3 is 1. The number of halogens is 2. The zero-order chi connectivity index (χ0) is 13.1. The fourth-order valence-electron chi connectivity index (χ4n) is 1.96. The average molecular weight is 379 g/mol. The molecule has 2 rings (SSSR count). The number of hydrogen-bond donors (Lipinski definition) is 0. The Balaban J connectivity index is 2.48. The molecule has 18 heavy (non-hydrogen) atoms. The molecule has 1 aromatic heterocycles. The van der Waals surface area contributed by atoms with E-state index in [2.05, 4.69) is 57.3 Å². The lowest BCUT2D eigenvalue weighted by Crippen LogP contribution is -2.17. The summed E-state index contributed by atoms with van der Waals surface area (Å²) in [5, 5.41) is 0. The van der Waals surface area contributed by atoms with Crippen LogP contribution < -0.4 is 0 Å². The van der Waals surface area contributed by atoms with E-state index in [1.54, 1.807) is 7.11 Å². The highest BCUT2D eigenvalue weighted by Gasteiger charge is 2.12. The molecule has 2 aromatic rings. The molecule has 0 fully saturated rings. The molecular formula is C13H16ClIN2O. The SMILES string of the molecule is COC(C)Cn1c(CCCl)nc2cc(I)ccc21. The van der Waals surface area contributed by atoms with Crippen LogP contribution in [-0.2, 0) is 17.7 Å². The Morgan fingerprint density at radius 3 is 2.94 bits per heavy atom. The van der Waals surface area contributed by atoms with Crippen molar-refractivity contribution in [3.63, 3.8) is 0 Å². The van der Waals surface area contributed by atoms with E-state index >= 15 is 0 Å². The Kier molecular flexibility index (Phi) is 4.86. The highest BCUT2D eigenvalue weighted by Crippen LogP contribution is 2.20. The number of fused-ring (bicyclic) bond motifs is 1. The zero-order valence-electron chi connectivity index (χ0n) is 10.5. The molecular weight excluding hydrogens is 363 g/mol. The molecule has 1 atom stereocenters. The normalized spacial score (nSPS) is 13.1. The van der Waals surface area contributed by atoms with Gasteiger partial charge < -0.3 is 9.30 Å². The lowest BCUT2D eigenvalue weighted by Gasteiger charge is -2.13. The smallest absolute Gasteiger partial charge is 0.111 e. The van der Waals surface area contributed by atoms with E-state index in [0.717, 1.165) is 29.8 Å². The lowest BCUT2D eigenvalue weighted by atomic mass is 10.3. The van der Waals surface area contributed by atoms with Crippen molar-refractivity contribution in [1.29, 1.82) is 0 Å². The first kappa shape index (κ1) is 14.1. The number of imidazole rings is 1. The number of aromatic nitrogens is 2. The van der Waals surface area contributed by atoms with Crippen LogP contribution in [-0.4, -0.2) is 28.6 Å². The van der Waals surface area contributed by atoms with E-state index in [4.69, 9.17) is 16.3 Å². The van der Waals surface area contributed by atoms with Crippen molar-refractivity contribution in [2.24, 2.45) is 0 Å². The van der Waals surface area contributed by atoms with Crippen molar-refractivity contribution < 1.29 is 4.74 Å². The van der Waals surface area contributed by atoms with Crippen LogP contribution in [0, 0.1) is 3.57 Å². The highest BCUT2D eigenvalue weighted by molar-refractivity contribution is 14.1. The van der Waals surface area contributed by atoms with Gasteiger partial charge in [0.25, 0.3) is 0 Å². The van der Waals surface area contributed by atoms with Gasteiger partial charge in [-0.2, -0.15) is 0 Å². The molecule has 98 valence electrons. The number of hydrogen-bond acceptors (Lipinski definition) is 2. The first-order valence-electron chi connectivity index (χ1n) is 5.89. The number of aryl methyl sites for hydroxylation is 1. The summed E-state index contributed by atoms with van der Waals surface area (Å²) >= 11 is 8.15. The first-order valence-corrected chi connectivity index (χ1v) is 7.50. The predicted octanol–water partition coefficient (Wildman–Crippen LogP) is 3.46. The van der Waals surface area contributed by atoms with Crippen molar-refractivity contribution in [2.45, 2.75) is 26.0 Å². The van der Waals surface area contributed by atoms with Gasteiger partial charge in [0.15, 0.2) is 0 Å². The van der Waals surface area contributed by atoms with Crippen LogP contribution in [0.1, 0.15) is 12.7 Å². The number of nitrogens with zero attached hydrogens (tertiary/aromatic N) is 2. The van der Waals surface area contributed by atoms with E-state index < -0.39 is 0 Å². The summed E-state index contributed by atoms with van der Waals surface area (Å²) in [4.78, 5) is 4.67. The number of alkyl halides is 1. The fraction of sp³-hybridized carbons (Fsp3) is 0.462. The van der Waals surface area contributed by atoms with Gasteiger partial charge in [0, 0.05) is 23.0 Å². The van der Waals surface area contributed by atoms with E-state index in [0.29, 0.717) is 5.88 Å². The summed E-state index contributed by atoms with van der Waals surface area (Å²) in [6.45, 7) is 2.86. The van der Waals surface area contributed by atoms with Crippen molar-refractivity contribution in [1.82, 2.24) is 9.55 Å². The molecule has 0 saturated heterocycles. The lowest BCUT2D eigenvalue weighted by molar-refractivity contribution is 0.103. The van der Waals surface area contributed by atoms with E-state index in [1.807, 2.05) is 0 Å². The van der Waals surface area contributed by atoms with Gasteiger partial charge in [-0.1, -0.05) is 0 Å². The predicted molar refractivity (Wildman–Crippen MR) is 83.3 cm³/mol. The summed E-state index contributed by atoms with van der Waals surface area (Å²) in [7, 11) is 1.73. The molecule has 0 radical (unpaired) electrons. The molecule has 0 aliphatic heterocycles. The second kappa shape index (κ2) is 6.21. The molecule has 0 aliphatic carbocycles. The van der Waals surface area contributed by atoms with Crippen LogP contribution in [0.3, 0.4) is 0 Å². The molecule has 0 aliphatic rings. The summed E-state index contributed by atoms with van der Waals surface area (Å²) in [5.74, 6) is 1.62. The zero-order valence-corrected chi connectivity index (χ0v) is 13.4. The van der Waals surface area contributed by atoms with Gasteiger partial charge in [-0.3, -0.25) is 0 Å². The topological polar surface area (TPSA) is 27.1 Å². The van der Waals surface area contributed by atoms with Gasteiger partial charge >= 0.3 is 0 Å². The molecule has 1 aromatic carbocycles. The third-order valence-corrected chi connectivity index (χ3v) is 3.81. The van der Waals surface area contributed by atoms with E-state index in [9.17, 15) is 0 Å². The minimum atomic E-state index is 0.163. The molecule has 5 heteroatoms. The van der Waals surface area contributed by atoms with Crippen LogP contribution in [0.15, 0.2) is 18.2 Å². The highest BCUT2D eigenvalue weighted by atomic mass is 127. The molecule has 3 nitrogen and oxygen atoms in total. The van der Waals surface area contributed by atoms with Crippen molar-refractivity contribution in [2.75, 3.05) is 13.0 Å². The Bertz CT molecular complexity index is 541. The van der Waals surface area contributed by atoms with Crippen LogP contribution in [0.2, 0.25) is 0 Å². The molecule has 0 spiro atoms. The second-order valence-corrected chi connectivity index (χ2v) is 5.88. The van der Waals surface area contributed by atoms with Gasteiger partial charge in [-0.05, 0) is 47.7 Å². The van der Waals surface area contributed by atoms with Gasteiger partial charge in [-0.15, -0.1) is 11.6 Å². The molecule has 0 N–H and O–H groups in total. The maximum Gasteiger partial charge on any atom is 0.111 e. The van der Waals surface area contributed by atoms with E-state index in [-0.39, 0.29) is 6.10 Å². The monoisotopic (exact) mass is 378 g/mol. The quantitative estimate of drug-likeness (QED) is 0.588. The van der Waals surface area contributed by atoms with Crippen LogP contribution in [0.4, 0.5) is 0 Å². The number of benzene rings is 1. The molecule has 1 heterocycles. The van der Waals surface area contributed by atoms with Crippen LogP contribution >= 0.6 is 34.2 Å². The average Bonchev–Trinajstić information content (AvgIpc) is 2.67. The summed E-state index contributed by atoms with van der Waals surface area (Å²) in [5.41, 5.74) is 2.18. The number of rotatable bonds is 5.